The van der Waals surface area contributed by atoms with Crippen LogP contribution in [0.3, 0.4) is 0 Å². The normalized spacial score (nSPS) is 12.3. The van der Waals surface area contributed by atoms with Crippen LogP contribution in [-0.2, 0) is 0 Å². The molecule has 0 unspecified atom stereocenters. The van der Waals surface area contributed by atoms with Crippen molar-refractivity contribution in [2.45, 2.75) is 0 Å². The third-order valence-electron chi connectivity index (χ3n) is 9.29. The zero-order chi connectivity index (χ0) is 29.9. The van der Waals surface area contributed by atoms with E-state index in [1.807, 2.05) is 61.7 Å². The van der Waals surface area contributed by atoms with Crippen molar-refractivity contribution in [3.05, 3.63) is 122 Å². The summed E-state index contributed by atoms with van der Waals surface area (Å²) >= 11 is 0. The summed E-state index contributed by atoms with van der Waals surface area (Å²) in [5.41, 5.74) is 9.64. The molecule has 0 N–H and O–H groups in total. The minimum Gasteiger partial charge on any atom is -0.456 e. The van der Waals surface area contributed by atoms with E-state index in [0.29, 0.717) is 0 Å². The molecule has 0 atom stereocenters. The Labute approximate surface area is 258 Å². The number of hydrogen-bond donors (Lipinski definition) is 0. The monoisotopic (exact) mass is 592 g/mol. The van der Waals surface area contributed by atoms with Gasteiger partial charge in [0.2, 0.25) is 0 Å². The Balaban J connectivity index is 1.22. The molecule has 46 heavy (non-hydrogen) atoms. The Hall–Kier alpha value is -6.54. The van der Waals surface area contributed by atoms with Gasteiger partial charge in [-0.25, -0.2) is 0 Å². The number of benzene rings is 3. The van der Waals surface area contributed by atoms with Gasteiger partial charge < -0.3 is 18.0 Å². The van der Waals surface area contributed by atoms with Gasteiger partial charge in [0.25, 0.3) is 0 Å². The van der Waals surface area contributed by atoms with E-state index in [9.17, 15) is 0 Å². The Morgan fingerprint density at radius 1 is 0.370 bits per heavy atom. The van der Waals surface area contributed by atoms with Gasteiger partial charge in [0.05, 0.1) is 22.1 Å². The summed E-state index contributed by atoms with van der Waals surface area (Å²) in [7, 11) is 0. The Kier molecular flexibility index (Phi) is 4.43. The highest BCUT2D eigenvalue weighted by Crippen LogP contribution is 2.42. The summed E-state index contributed by atoms with van der Waals surface area (Å²) in [6.45, 7) is 0. The van der Waals surface area contributed by atoms with Crippen LogP contribution in [0.15, 0.2) is 131 Å². The quantitative estimate of drug-likeness (QED) is 0.199. The summed E-state index contributed by atoms with van der Waals surface area (Å²) in [5, 5.41) is 8.38. The van der Waals surface area contributed by atoms with E-state index in [1.54, 1.807) is 0 Å². The molecule has 0 aliphatic rings. The summed E-state index contributed by atoms with van der Waals surface area (Å²) in [6, 6.07) is 25.0. The van der Waals surface area contributed by atoms with Gasteiger partial charge in [-0.15, -0.1) is 0 Å². The van der Waals surface area contributed by atoms with Gasteiger partial charge in [-0.1, -0.05) is 0 Å². The average molecular weight is 593 g/mol. The standard InChI is InChI=1S/C38H20N6O2/c1-3-33-23(15-21(1)43-29-7-11-39-17-25(29)26-18-40-12-8-30(26)43)37-35(45-33)5-6-36-38(37)24-16-22(2-4-34(24)46-36)44-31-9-13-41-19-27(31)28-20-42-14-10-32(28)44/h1-20H. The van der Waals surface area contributed by atoms with E-state index in [2.05, 4.69) is 89.7 Å². The SMILES string of the molecule is c1cc2c(cn1)c1cnccc1n2-c1ccc2oc3ccc4oc5ccc(-n6c7ccncc7c7cnccc76)cc5c4c3c2c1. The van der Waals surface area contributed by atoms with Gasteiger partial charge in [-0.05, 0) is 72.8 Å². The van der Waals surface area contributed by atoms with Crippen molar-refractivity contribution in [2.75, 3.05) is 0 Å². The molecular formula is C38H20N6O2. The predicted molar refractivity (Wildman–Crippen MR) is 181 cm³/mol. The second-order valence-electron chi connectivity index (χ2n) is 11.6. The maximum absolute atomic E-state index is 6.45. The average Bonchev–Trinajstić information content (AvgIpc) is 3.85. The maximum Gasteiger partial charge on any atom is 0.136 e. The molecule has 8 nitrogen and oxygen atoms in total. The predicted octanol–water partition coefficient (Wildman–Crippen LogP) is 9.26. The van der Waals surface area contributed by atoms with Crippen molar-refractivity contribution in [1.82, 2.24) is 29.1 Å². The van der Waals surface area contributed by atoms with Crippen LogP contribution in [0.2, 0.25) is 0 Å². The van der Waals surface area contributed by atoms with E-state index >= 15 is 0 Å². The highest BCUT2D eigenvalue weighted by atomic mass is 16.3. The van der Waals surface area contributed by atoms with Crippen LogP contribution in [0, 0.1) is 0 Å². The fourth-order valence-corrected chi connectivity index (χ4v) is 7.36. The Morgan fingerprint density at radius 3 is 1.09 bits per heavy atom. The topological polar surface area (TPSA) is 87.7 Å². The number of rotatable bonds is 2. The van der Waals surface area contributed by atoms with Gasteiger partial charge in [0, 0.05) is 104 Å². The maximum atomic E-state index is 6.45. The molecule has 0 radical (unpaired) electrons. The van der Waals surface area contributed by atoms with Gasteiger partial charge in [0.15, 0.2) is 0 Å². The Bertz CT molecular complexity index is 2740. The van der Waals surface area contributed by atoms with E-state index in [1.165, 1.54) is 0 Å². The molecular weight excluding hydrogens is 572 g/mol. The number of fused-ring (bicyclic) bond motifs is 13. The van der Waals surface area contributed by atoms with Gasteiger partial charge in [-0.2, -0.15) is 0 Å². The first-order chi connectivity index (χ1) is 22.8. The van der Waals surface area contributed by atoms with Crippen LogP contribution in [0.5, 0.6) is 0 Å². The highest BCUT2D eigenvalue weighted by Gasteiger charge is 2.20. The van der Waals surface area contributed by atoms with E-state index < -0.39 is 0 Å². The molecule has 3 aromatic carbocycles. The molecule has 214 valence electrons. The largest absolute Gasteiger partial charge is 0.456 e. The van der Waals surface area contributed by atoms with Gasteiger partial charge in [0.1, 0.15) is 22.3 Å². The second-order valence-corrected chi connectivity index (χ2v) is 11.6. The van der Waals surface area contributed by atoms with E-state index in [-0.39, 0.29) is 0 Å². The van der Waals surface area contributed by atoms with Crippen molar-refractivity contribution in [1.29, 1.82) is 0 Å². The van der Waals surface area contributed by atoms with E-state index in [0.717, 1.165) is 98.9 Å². The third kappa shape index (κ3) is 3.02. The van der Waals surface area contributed by atoms with Gasteiger partial charge in [-0.3, -0.25) is 19.9 Å². The van der Waals surface area contributed by atoms with Crippen molar-refractivity contribution in [3.8, 4) is 11.4 Å². The van der Waals surface area contributed by atoms with E-state index in [4.69, 9.17) is 8.83 Å². The molecule has 0 amide bonds. The van der Waals surface area contributed by atoms with Crippen LogP contribution in [-0.4, -0.2) is 29.1 Å². The summed E-state index contributed by atoms with van der Waals surface area (Å²) < 4.78 is 17.4. The van der Waals surface area contributed by atoms with Crippen LogP contribution >= 0.6 is 0 Å². The Morgan fingerprint density at radius 2 is 0.717 bits per heavy atom. The third-order valence-corrected chi connectivity index (χ3v) is 9.29. The van der Waals surface area contributed by atoms with Crippen LogP contribution in [0.25, 0.3) is 98.9 Å². The molecule has 8 heteroatoms. The van der Waals surface area contributed by atoms with Crippen molar-refractivity contribution < 1.29 is 8.83 Å². The first kappa shape index (κ1) is 23.9. The van der Waals surface area contributed by atoms with Crippen molar-refractivity contribution in [2.24, 2.45) is 0 Å². The first-order valence-electron chi connectivity index (χ1n) is 15.0. The number of aromatic nitrogens is 6. The molecule has 11 aromatic rings. The zero-order valence-electron chi connectivity index (χ0n) is 24.0. The minimum absolute atomic E-state index is 0.817. The molecule has 0 fully saturated rings. The molecule has 0 bridgehead atoms. The summed E-state index contributed by atoms with van der Waals surface area (Å²) in [4.78, 5) is 17.6. The lowest BCUT2D eigenvalue weighted by molar-refractivity contribution is 0.663. The molecule has 0 spiro atoms. The smallest absolute Gasteiger partial charge is 0.136 e. The van der Waals surface area contributed by atoms with Crippen molar-refractivity contribution in [3.63, 3.8) is 0 Å². The number of pyridine rings is 4. The number of hydrogen-bond acceptors (Lipinski definition) is 6. The van der Waals surface area contributed by atoms with Crippen LogP contribution in [0.1, 0.15) is 0 Å². The van der Waals surface area contributed by atoms with Crippen molar-refractivity contribution >= 4 is 87.5 Å². The molecule has 0 saturated heterocycles. The molecule has 0 aliphatic heterocycles. The molecule has 11 rings (SSSR count). The lowest BCUT2D eigenvalue weighted by Crippen LogP contribution is -1.93. The van der Waals surface area contributed by atoms with Gasteiger partial charge >= 0.3 is 0 Å². The fraction of sp³-hybridized carbons (Fsp3) is 0. The van der Waals surface area contributed by atoms with Crippen LogP contribution in [0.4, 0.5) is 0 Å². The molecule has 8 heterocycles. The van der Waals surface area contributed by atoms with Crippen LogP contribution < -0.4 is 0 Å². The number of furan rings is 2. The zero-order valence-corrected chi connectivity index (χ0v) is 24.0. The number of nitrogens with zero attached hydrogens (tertiary/aromatic N) is 6. The molecule has 0 aliphatic carbocycles. The highest BCUT2D eigenvalue weighted by molar-refractivity contribution is 6.26. The summed E-state index contributed by atoms with van der Waals surface area (Å²) in [5.74, 6) is 0. The first-order valence-corrected chi connectivity index (χ1v) is 15.0. The minimum atomic E-state index is 0.817. The lowest BCUT2D eigenvalue weighted by atomic mass is 10.0. The lowest BCUT2D eigenvalue weighted by Gasteiger charge is -2.08. The molecule has 8 aromatic heterocycles. The fourth-order valence-electron chi connectivity index (χ4n) is 7.36. The molecule has 0 saturated carbocycles. The summed E-state index contributed by atoms with van der Waals surface area (Å²) in [6.07, 6.45) is 15.0. The second kappa shape index (κ2) is 8.55.